The van der Waals surface area contributed by atoms with Gasteiger partial charge in [0.15, 0.2) is 0 Å². The van der Waals surface area contributed by atoms with Crippen LogP contribution >= 0.6 is 23.1 Å². The van der Waals surface area contributed by atoms with Crippen LogP contribution in [0.15, 0.2) is 27.6 Å². The largest absolute Gasteiger partial charge is 0.446 e. The number of aromatic nitrogens is 2. The van der Waals surface area contributed by atoms with Crippen LogP contribution in [0.4, 0.5) is 23.2 Å². The number of aliphatic hydroxyl groups excluding tert-OH is 1. The number of rotatable bonds is 5. The van der Waals surface area contributed by atoms with E-state index >= 15 is 0 Å². The molecule has 0 bridgehead atoms. The Morgan fingerprint density at radius 3 is 2.85 bits per heavy atom. The first kappa shape index (κ1) is 23.3. The van der Waals surface area contributed by atoms with Gasteiger partial charge in [-0.15, -0.1) is 11.3 Å². The summed E-state index contributed by atoms with van der Waals surface area (Å²) in [5.41, 5.74) is -4.07. The van der Waals surface area contributed by atoms with E-state index in [9.17, 15) is 27.5 Å². The van der Waals surface area contributed by atoms with Crippen LogP contribution in [-0.2, 0) is 9.53 Å². The number of amides is 1. The van der Waals surface area contributed by atoms with Gasteiger partial charge in [-0.1, -0.05) is 17.3 Å². The van der Waals surface area contributed by atoms with Crippen LogP contribution in [0.2, 0.25) is 0 Å². The molecule has 1 amide bonds. The van der Waals surface area contributed by atoms with Crippen LogP contribution in [0.3, 0.4) is 0 Å². The summed E-state index contributed by atoms with van der Waals surface area (Å²) in [5, 5.41) is 19.4. The molecule has 182 valence electrons. The number of alkyl halides is 4. The highest BCUT2D eigenvalue weighted by Gasteiger charge is 2.37. The highest BCUT2D eigenvalue weighted by Crippen LogP contribution is 2.50. The van der Waals surface area contributed by atoms with Gasteiger partial charge in [0.2, 0.25) is 17.6 Å². The minimum atomic E-state index is -4.58. The quantitative estimate of drug-likeness (QED) is 0.343. The average Bonchev–Trinajstić information content (AvgIpc) is 3.47. The number of halogens is 4. The van der Waals surface area contributed by atoms with E-state index in [1.54, 1.807) is 18.2 Å². The zero-order chi connectivity index (χ0) is 24.0. The van der Waals surface area contributed by atoms with Crippen molar-refractivity contribution in [2.45, 2.75) is 47.6 Å². The Labute approximate surface area is 198 Å². The molecule has 34 heavy (non-hydrogen) atoms. The lowest BCUT2D eigenvalue weighted by Gasteiger charge is -2.27. The van der Waals surface area contributed by atoms with Gasteiger partial charge in [-0.3, -0.25) is 4.79 Å². The summed E-state index contributed by atoms with van der Waals surface area (Å²) >= 11 is 0.745. The summed E-state index contributed by atoms with van der Waals surface area (Å²) < 4.78 is 65.5. The molecule has 5 rings (SSSR count). The molecular weight excluding hydrogens is 500 g/mol. The Kier molecular flexibility index (Phi) is 6.16. The van der Waals surface area contributed by atoms with Crippen molar-refractivity contribution in [1.29, 1.82) is 0 Å². The summed E-state index contributed by atoms with van der Waals surface area (Å²) in [6, 6.07) is 3.58. The molecule has 0 spiro atoms. The number of aliphatic hydroxyl groups is 1. The van der Waals surface area contributed by atoms with Crippen LogP contribution in [0.25, 0.3) is 20.8 Å². The van der Waals surface area contributed by atoms with Crippen molar-refractivity contribution in [3.8, 4) is 10.7 Å². The van der Waals surface area contributed by atoms with Crippen LogP contribution in [0.5, 0.6) is 0 Å². The average molecular weight is 519 g/mol. The molecule has 3 N–H and O–H groups in total. The third-order valence-corrected chi connectivity index (χ3v) is 7.76. The third kappa shape index (κ3) is 4.59. The maximum absolute atomic E-state index is 14.3. The van der Waals surface area contributed by atoms with E-state index in [1.165, 1.54) is 0 Å². The molecule has 2 aliphatic rings. The van der Waals surface area contributed by atoms with Gasteiger partial charge in [-0.05, 0) is 24.2 Å². The number of thioether (sulfide) groups is 1. The molecule has 1 aromatic carbocycles. The number of carbonyl (C=O) groups excluding carboxylic acids is 1. The number of fused-ring (bicyclic) bond motifs is 1. The van der Waals surface area contributed by atoms with Gasteiger partial charge in [0.1, 0.15) is 18.3 Å². The number of anilines is 1. The predicted octanol–water partition coefficient (Wildman–Crippen LogP) is 4.02. The molecule has 14 heteroatoms. The van der Waals surface area contributed by atoms with Crippen molar-refractivity contribution in [1.82, 2.24) is 15.5 Å². The standard InChI is InChI=1S/C20H18F4N4O4S2/c21-9-7-31-5-4-10(9)25-11-3-1-2-8-14(11)33-16(15(8)34-20(22,23)24)17-27-19(32-28-17)12-6-13(29)18(30)26-12/h1-3,9-10,12-13,25,29H,4-7H2,(H,26,30)/t9-,10+,12+,13+/m0/s1. The normalized spacial score (nSPS) is 25.6. The summed E-state index contributed by atoms with van der Waals surface area (Å²) in [5.74, 6) is -0.671. The highest BCUT2D eigenvalue weighted by atomic mass is 32.2. The van der Waals surface area contributed by atoms with Crippen molar-refractivity contribution >= 4 is 44.8 Å². The maximum Gasteiger partial charge on any atom is 0.446 e. The van der Waals surface area contributed by atoms with E-state index in [0.717, 1.165) is 11.3 Å². The Morgan fingerprint density at radius 2 is 2.15 bits per heavy atom. The van der Waals surface area contributed by atoms with Gasteiger partial charge in [-0.25, -0.2) is 4.39 Å². The number of thiophene rings is 1. The van der Waals surface area contributed by atoms with Crippen LogP contribution < -0.4 is 10.6 Å². The molecule has 4 atom stereocenters. The Balaban J connectivity index is 1.54. The lowest BCUT2D eigenvalue weighted by molar-refractivity contribution is -0.126. The molecule has 2 saturated heterocycles. The first-order valence-electron chi connectivity index (χ1n) is 10.3. The summed E-state index contributed by atoms with van der Waals surface area (Å²) in [4.78, 5) is 15.8. The SMILES string of the molecule is O=C1N[C@@H](c2nc(-c3sc4c(N[C@@H]5CCOC[C@@H]5F)cccc4c3SC(F)(F)F)no2)C[C@H]1O. The molecule has 2 fully saturated rings. The van der Waals surface area contributed by atoms with Gasteiger partial charge in [0.25, 0.3) is 0 Å². The van der Waals surface area contributed by atoms with Crippen molar-refractivity contribution in [2.24, 2.45) is 0 Å². The van der Waals surface area contributed by atoms with E-state index in [2.05, 4.69) is 20.8 Å². The second-order valence-electron chi connectivity index (χ2n) is 7.89. The number of nitrogens with zero attached hydrogens (tertiary/aromatic N) is 2. The number of hydrogen-bond donors (Lipinski definition) is 3. The van der Waals surface area contributed by atoms with Crippen molar-refractivity contribution in [3.63, 3.8) is 0 Å². The number of carbonyl (C=O) groups is 1. The fraction of sp³-hybridized carbons (Fsp3) is 0.450. The molecule has 0 saturated carbocycles. The smallest absolute Gasteiger partial charge is 0.383 e. The monoisotopic (exact) mass is 518 g/mol. The minimum Gasteiger partial charge on any atom is -0.383 e. The van der Waals surface area contributed by atoms with Gasteiger partial charge in [0, 0.05) is 23.3 Å². The number of hydrogen-bond acceptors (Lipinski definition) is 9. The zero-order valence-electron chi connectivity index (χ0n) is 17.3. The Bertz CT molecular complexity index is 1220. The summed E-state index contributed by atoms with van der Waals surface area (Å²) in [7, 11) is 0. The molecule has 4 heterocycles. The summed E-state index contributed by atoms with van der Waals surface area (Å²) in [6.07, 6.45) is -2.03. The van der Waals surface area contributed by atoms with Crippen molar-refractivity contribution < 1.29 is 36.7 Å². The number of ether oxygens (including phenoxy) is 1. The van der Waals surface area contributed by atoms with E-state index in [0.29, 0.717) is 28.8 Å². The molecule has 3 aromatic rings. The topological polar surface area (TPSA) is 110 Å². The summed E-state index contributed by atoms with van der Waals surface area (Å²) in [6.45, 7) is 0.341. The molecule has 0 radical (unpaired) electrons. The Hall–Kier alpha value is -2.42. The lowest BCUT2D eigenvalue weighted by Crippen LogP contribution is -2.39. The van der Waals surface area contributed by atoms with Crippen LogP contribution in [-0.4, -0.2) is 58.2 Å². The van der Waals surface area contributed by atoms with Crippen LogP contribution in [0, 0.1) is 0 Å². The van der Waals surface area contributed by atoms with Crippen LogP contribution in [0.1, 0.15) is 24.8 Å². The molecular formula is C20H18F4N4O4S2. The third-order valence-electron chi connectivity index (χ3n) is 5.54. The zero-order valence-corrected chi connectivity index (χ0v) is 18.9. The second-order valence-corrected chi connectivity index (χ2v) is 9.99. The number of nitrogens with one attached hydrogen (secondary N) is 2. The van der Waals surface area contributed by atoms with Crippen molar-refractivity contribution in [3.05, 3.63) is 24.1 Å². The first-order valence-corrected chi connectivity index (χ1v) is 11.9. The number of benzene rings is 1. The first-order chi connectivity index (χ1) is 16.2. The second kappa shape index (κ2) is 8.98. The fourth-order valence-electron chi connectivity index (χ4n) is 3.93. The molecule has 2 aromatic heterocycles. The molecule has 0 aliphatic carbocycles. The molecule has 8 nitrogen and oxygen atoms in total. The van der Waals surface area contributed by atoms with E-state index in [1.807, 2.05) is 0 Å². The van der Waals surface area contributed by atoms with E-state index < -0.39 is 35.8 Å². The highest BCUT2D eigenvalue weighted by molar-refractivity contribution is 8.00. The fourth-order valence-corrected chi connectivity index (χ4v) is 6.04. The lowest BCUT2D eigenvalue weighted by atomic mass is 10.1. The predicted molar refractivity (Wildman–Crippen MR) is 116 cm³/mol. The Morgan fingerprint density at radius 1 is 1.32 bits per heavy atom. The maximum atomic E-state index is 14.3. The van der Waals surface area contributed by atoms with Gasteiger partial charge >= 0.3 is 5.51 Å². The van der Waals surface area contributed by atoms with Gasteiger partial charge in [0.05, 0.1) is 27.9 Å². The molecule has 0 unspecified atom stereocenters. The molecule has 2 aliphatic heterocycles. The van der Waals surface area contributed by atoms with Gasteiger partial charge < -0.3 is 25.0 Å². The van der Waals surface area contributed by atoms with Crippen molar-refractivity contribution in [2.75, 3.05) is 18.5 Å². The van der Waals surface area contributed by atoms with Gasteiger partial charge in [-0.2, -0.15) is 18.2 Å². The van der Waals surface area contributed by atoms with E-state index in [-0.39, 0.29) is 46.3 Å². The minimum absolute atomic E-state index is 0.0128. The van der Waals surface area contributed by atoms with E-state index in [4.69, 9.17) is 9.26 Å².